The van der Waals surface area contributed by atoms with Crippen molar-refractivity contribution in [1.29, 1.82) is 0 Å². The fourth-order valence-corrected chi connectivity index (χ4v) is 3.37. The molecule has 4 aliphatic rings. The molecule has 1 unspecified atom stereocenters. The average Bonchev–Trinajstić information content (AvgIpc) is 3.23. The zero-order chi connectivity index (χ0) is 14.1. The van der Waals surface area contributed by atoms with Crippen molar-refractivity contribution in [3.63, 3.8) is 0 Å². The summed E-state index contributed by atoms with van der Waals surface area (Å²) in [5.41, 5.74) is 0. The van der Waals surface area contributed by atoms with Crippen LogP contribution in [0.5, 0.6) is 0 Å². The lowest BCUT2D eigenvalue weighted by molar-refractivity contribution is -0.137. The van der Waals surface area contributed by atoms with Crippen LogP contribution in [0.25, 0.3) is 0 Å². The Labute approximate surface area is 119 Å². The van der Waals surface area contributed by atoms with Gasteiger partial charge in [0.1, 0.15) is 6.54 Å². The number of fused-ring (bicyclic) bond motifs is 3. The molecule has 112 valence electrons. The number of carbonyl (C=O) groups excluding carboxylic acids is 1. The molecular weight excluding hydrogens is 258 g/mol. The quantitative estimate of drug-likeness (QED) is 0.773. The van der Waals surface area contributed by atoms with Crippen LogP contribution in [0, 0.1) is 11.8 Å². The van der Waals surface area contributed by atoms with E-state index < -0.39 is 5.97 Å². The molecule has 0 aromatic carbocycles. The van der Waals surface area contributed by atoms with E-state index in [0.29, 0.717) is 18.4 Å². The number of aliphatic carboxylic acids is 1. The SMILES string of the molecule is O=C(O)CN(CC1CC1)C(=O)NC1CN2CCC1CC2. The molecule has 3 aliphatic heterocycles. The topological polar surface area (TPSA) is 72.9 Å². The fraction of sp³-hybridized carbons (Fsp3) is 0.857. The first-order chi connectivity index (χ1) is 9.61. The summed E-state index contributed by atoms with van der Waals surface area (Å²) in [6.07, 6.45) is 4.52. The zero-order valence-corrected chi connectivity index (χ0v) is 11.8. The average molecular weight is 281 g/mol. The van der Waals surface area contributed by atoms with Gasteiger partial charge < -0.3 is 20.2 Å². The number of carboxylic acid groups (broad SMARTS) is 1. The molecule has 1 aliphatic carbocycles. The van der Waals surface area contributed by atoms with E-state index in [1.165, 1.54) is 4.90 Å². The van der Waals surface area contributed by atoms with Gasteiger partial charge in [-0.1, -0.05) is 0 Å². The van der Waals surface area contributed by atoms with Crippen molar-refractivity contribution in [2.45, 2.75) is 31.7 Å². The minimum Gasteiger partial charge on any atom is -0.480 e. The van der Waals surface area contributed by atoms with Crippen molar-refractivity contribution in [2.75, 3.05) is 32.7 Å². The highest BCUT2D eigenvalue weighted by molar-refractivity contribution is 5.80. The third-order valence-corrected chi connectivity index (χ3v) is 4.75. The van der Waals surface area contributed by atoms with Gasteiger partial charge >= 0.3 is 12.0 Å². The Hall–Kier alpha value is -1.30. The summed E-state index contributed by atoms with van der Waals surface area (Å²) in [7, 11) is 0. The number of nitrogens with one attached hydrogen (secondary N) is 1. The van der Waals surface area contributed by atoms with E-state index in [0.717, 1.165) is 45.3 Å². The molecule has 6 heteroatoms. The summed E-state index contributed by atoms with van der Waals surface area (Å²) in [6.45, 7) is 3.58. The van der Waals surface area contributed by atoms with Crippen LogP contribution < -0.4 is 5.32 Å². The van der Waals surface area contributed by atoms with Gasteiger partial charge in [-0.2, -0.15) is 0 Å². The Balaban J connectivity index is 1.56. The van der Waals surface area contributed by atoms with Crippen molar-refractivity contribution >= 4 is 12.0 Å². The summed E-state index contributed by atoms with van der Waals surface area (Å²) in [5.74, 6) is 0.137. The van der Waals surface area contributed by atoms with Crippen LogP contribution in [0.1, 0.15) is 25.7 Å². The highest BCUT2D eigenvalue weighted by Crippen LogP contribution is 2.30. The maximum atomic E-state index is 12.3. The van der Waals surface area contributed by atoms with Gasteiger partial charge in [0.15, 0.2) is 0 Å². The van der Waals surface area contributed by atoms with Crippen molar-refractivity contribution in [3.8, 4) is 0 Å². The van der Waals surface area contributed by atoms with Crippen molar-refractivity contribution in [2.24, 2.45) is 11.8 Å². The predicted molar refractivity (Wildman–Crippen MR) is 73.4 cm³/mol. The highest BCUT2D eigenvalue weighted by atomic mass is 16.4. The largest absolute Gasteiger partial charge is 0.480 e. The molecule has 0 aromatic rings. The van der Waals surface area contributed by atoms with Gasteiger partial charge in [-0.05, 0) is 50.6 Å². The summed E-state index contributed by atoms with van der Waals surface area (Å²) in [4.78, 5) is 27.1. The number of rotatable bonds is 5. The molecule has 0 radical (unpaired) electrons. The number of carboxylic acids is 1. The Bertz CT molecular complexity index is 389. The number of urea groups is 1. The molecule has 2 amide bonds. The molecule has 0 spiro atoms. The number of amides is 2. The van der Waals surface area contributed by atoms with Crippen molar-refractivity contribution in [1.82, 2.24) is 15.1 Å². The van der Waals surface area contributed by atoms with Gasteiger partial charge in [0.25, 0.3) is 0 Å². The Morgan fingerprint density at radius 2 is 1.90 bits per heavy atom. The number of nitrogens with zero attached hydrogens (tertiary/aromatic N) is 2. The maximum absolute atomic E-state index is 12.3. The van der Waals surface area contributed by atoms with E-state index in [2.05, 4.69) is 10.2 Å². The molecule has 2 bridgehead atoms. The number of hydrogen-bond donors (Lipinski definition) is 2. The summed E-state index contributed by atoms with van der Waals surface area (Å²) in [6, 6.07) is -0.00134. The van der Waals surface area contributed by atoms with Crippen LogP contribution in [-0.4, -0.2) is 65.7 Å². The van der Waals surface area contributed by atoms with Crippen LogP contribution in [0.2, 0.25) is 0 Å². The van der Waals surface area contributed by atoms with Crippen LogP contribution in [0.4, 0.5) is 4.79 Å². The molecule has 3 heterocycles. The molecule has 2 N–H and O–H groups in total. The normalized spacial score (nSPS) is 31.9. The van der Waals surface area contributed by atoms with Gasteiger partial charge in [-0.25, -0.2) is 4.79 Å². The maximum Gasteiger partial charge on any atom is 0.323 e. The van der Waals surface area contributed by atoms with Crippen LogP contribution in [-0.2, 0) is 4.79 Å². The van der Waals surface area contributed by atoms with Crippen LogP contribution >= 0.6 is 0 Å². The number of piperidine rings is 3. The second kappa shape index (κ2) is 5.60. The molecule has 0 aromatic heterocycles. The van der Waals surface area contributed by atoms with E-state index in [4.69, 9.17) is 5.11 Å². The first-order valence-corrected chi connectivity index (χ1v) is 7.61. The lowest BCUT2D eigenvalue weighted by Crippen LogP contribution is -2.59. The Kier molecular flexibility index (Phi) is 3.83. The second-order valence-corrected chi connectivity index (χ2v) is 6.41. The summed E-state index contributed by atoms with van der Waals surface area (Å²) < 4.78 is 0. The molecule has 4 fully saturated rings. The lowest BCUT2D eigenvalue weighted by Gasteiger charge is -2.45. The van der Waals surface area contributed by atoms with E-state index in [-0.39, 0.29) is 18.6 Å². The Morgan fingerprint density at radius 1 is 1.20 bits per heavy atom. The number of carbonyl (C=O) groups is 2. The third kappa shape index (κ3) is 3.23. The second-order valence-electron chi connectivity index (χ2n) is 6.41. The minimum absolute atomic E-state index is 0.191. The van der Waals surface area contributed by atoms with Crippen molar-refractivity contribution < 1.29 is 14.7 Å². The Morgan fingerprint density at radius 3 is 2.40 bits per heavy atom. The minimum atomic E-state index is -0.935. The van der Waals surface area contributed by atoms with Crippen molar-refractivity contribution in [3.05, 3.63) is 0 Å². The van der Waals surface area contributed by atoms with Crippen LogP contribution in [0.3, 0.4) is 0 Å². The molecule has 1 atom stereocenters. The fourth-order valence-electron chi connectivity index (χ4n) is 3.37. The summed E-state index contributed by atoms with van der Waals surface area (Å²) in [5, 5.41) is 12.0. The lowest BCUT2D eigenvalue weighted by atomic mass is 9.84. The molecule has 6 nitrogen and oxygen atoms in total. The first-order valence-electron chi connectivity index (χ1n) is 7.61. The standard InChI is InChI=1S/C14H23N3O3/c18-13(19)9-17(7-10-1-2-10)14(20)15-12-8-16-5-3-11(12)4-6-16/h10-12H,1-9H2,(H,15,20)(H,18,19). The molecule has 3 saturated heterocycles. The third-order valence-electron chi connectivity index (χ3n) is 4.75. The smallest absolute Gasteiger partial charge is 0.323 e. The van der Waals surface area contributed by atoms with Gasteiger partial charge in [0.05, 0.1) is 0 Å². The van der Waals surface area contributed by atoms with Gasteiger partial charge in [0.2, 0.25) is 0 Å². The van der Waals surface area contributed by atoms with Gasteiger partial charge in [-0.15, -0.1) is 0 Å². The van der Waals surface area contributed by atoms with E-state index in [1.54, 1.807) is 0 Å². The van der Waals surface area contributed by atoms with Gasteiger partial charge in [-0.3, -0.25) is 4.79 Å². The molecular formula is C14H23N3O3. The van der Waals surface area contributed by atoms with E-state index in [1.807, 2.05) is 0 Å². The summed E-state index contributed by atoms with van der Waals surface area (Å²) >= 11 is 0. The zero-order valence-electron chi connectivity index (χ0n) is 11.8. The van der Waals surface area contributed by atoms with E-state index in [9.17, 15) is 9.59 Å². The van der Waals surface area contributed by atoms with Gasteiger partial charge in [0, 0.05) is 19.1 Å². The predicted octanol–water partition coefficient (Wildman–Crippen LogP) is 0.587. The monoisotopic (exact) mass is 281 g/mol. The highest BCUT2D eigenvalue weighted by Gasteiger charge is 2.36. The number of hydrogen-bond acceptors (Lipinski definition) is 3. The molecule has 1 saturated carbocycles. The van der Waals surface area contributed by atoms with Crippen LogP contribution in [0.15, 0.2) is 0 Å². The van der Waals surface area contributed by atoms with E-state index >= 15 is 0 Å². The first kappa shape index (κ1) is 13.7. The molecule has 20 heavy (non-hydrogen) atoms. The molecule has 4 rings (SSSR count).